The Morgan fingerprint density at radius 3 is 1.04 bits per heavy atom. The van der Waals surface area contributed by atoms with Gasteiger partial charge in [-0.1, -0.05) is 78.9 Å². The minimum atomic E-state index is -1.69. The van der Waals surface area contributed by atoms with Crippen LogP contribution in [0.4, 0.5) is 0 Å². The number of nitrogens with zero attached hydrogens (tertiary/aromatic N) is 4. The summed E-state index contributed by atoms with van der Waals surface area (Å²) in [7, 11) is -1.69. The molecule has 17 heteroatoms. The molecule has 0 unspecified atom stereocenters. The molecule has 2 atom stereocenters. The van der Waals surface area contributed by atoms with E-state index in [9.17, 15) is 0 Å². The van der Waals surface area contributed by atoms with Crippen molar-refractivity contribution in [2.24, 2.45) is 0 Å². The highest BCUT2D eigenvalue weighted by Gasteiger charge is 2.47. The summed E-state index contributed by atoms with van der Waals surface area (Å²) in [6.45, 7) is 6.98. The number of hydrogen-bond donors (Lipinski definition) is 0. The van der Waals surface area contributed by atoms with Crippen molar-refractivity contribution in [3.05, 3.63) is 146 Å². The van der Waals surface area contributed by atoms with Gasteiger partial charge in [-0.15, -0.1) is 0 Å². The Balaban J connectivity index is 1.24. The largest absolute Gasteiger partial charge is 0.377 e. The Hall–Kier alpha value is -5.13. The molecule has 0 bridgehead atoms. The first-order chi connectivity index (χ1) is 33.0. The van der Waals surface area contributed by atoms with Gasteiger partial charge in [-0.3, -0.25) is 19.2 Å². The number of hydrogen-bond acceptors (Lipinski definition) is 12. The molecule has 2 saturated heterocycles. The van der Waals surface area contributed by atoms with Crippen LogP contribution in [0.2, 0.25) is 0 Å². The van der Waals surface area contributed by atoms with Crippen molar-refractivity contribution in [1.29, 1.82) is 0 Å². The lowest BCUT2D eigenvalue weighted by molar-refractivity contribution is 0.00206. The van der Waals surface area contributed by atoms with Gasteiger partial charge in [0.05, 0.1) is 116 Å². The standard InChI is InChI=1S/C50H59N4O12P/c55-45(51-18-22-59-26-30-63-34-35-64-31-27-60-23-19-51)41-14-6-8-16-43(41)49-53-47(57)39-12-4-5-13-40(39)48(58)54(53)50(67(49)38-10-2-1-3-11-38)44-17-9-7-15-42(44)46(56)52-20-24-61-28-32-65-36-37-66-33-29-62-25-21-52/h1-17,49-50H,18-37H2/t49-,50-/m1/s1. The summed E-state index contributed by atoms with van der Waals surface area (Å²) >= 11 is 0. The minimum Gasteiger partial charge on any atom is -0.377 e. The number of fused-ring (bicyclic) bond motifs is 2. The summed E-state index contributed by atoms with van der Waals surface area (Å²) in [5.74, 6) is -2.20. The third-order valence-electron chi connectivity index (χ3n) is 11.8. The molecule has 0 aliphatic carbocycles. The Morgan fingerprint density at radius 1 is 0.388 bits per heavy atom. The predicted molar refractivity (Wildman–Crippen MR) is 253 cm³/mol. The van der Waals surface area contributed by atoms with Crippen molar-refractivity contribution in [3.8, 4) is 0 Å². The molecule has 5 aromatic rings. The average Bonchev–Trinajstić information content (AvgIpc) is 3.71. The Kier molecular flexibility index (Phi) is 17.9. The molecule has 2 fully saturated rings. The van der Waals surface area contributed by atoms with Crippen LogP contribution in [-0.2, 0) is 37.9 Å². The number of amides is 2. The zero-order valence-electron chi connectivity index (χ0n) is 37.7. The number of rotatable bonds is 5. The molecule has 3 aliphatic heterocycles. The van der Waals surface area contributed by atoms with Gasteiger partial charge in [0, 0.05) is 37.3 Å². The molecule has 8 rings (SSSR count). The molecule has 0 saturated carbocycles. The van der Waals surface area contributed by atoms with Gasteiger partial charge in [0.15, 0.2) is 0 Å². The summed E-state index contributed by atoms with van der Waals surface area (Å²) in [5, 5.41) is 1.39. The van der Waals surface area contributed by atoms with E-state index in [-0.39, 0.29) is 86.3 Å². The van der Waals surface area contributed by atoms with Crippen LogP contribution in [0.25, 0.3) is 10.8 Å². The molecule has 4 heterocycles. The van der Waals surface area contributed by atoms with E-state index in [1.165, 1.54) is 0 Å². The number of ether oxygens (including phenoxy) is 8. The fourth-order valence-electron chi connectivity index (χ4n) is 8.60. The normalized spacial score (nSPS) is 20.8. The maximum absolute atomic E-state index is 15.2. The van der Waals surface area contributed by atoms with E-state index in [1.807, 2.05) is 66.7 Å². The summed E-state index contributed by atoms with van der Waals surface area (Å²) in [6.07, 6.45) is 0. The second kappa shape index (κ2) is 24.8. The van der Waals surface area contributed by atoms with Crippen molar-refractivity contribution < 1.29 is 47.5 Å². The van der Waals surface area contributed by atoms with Crippen LogP contribution in [0.1, 0.15) is 43.4 Å². The van der Waals surface area contributed by atoms with Crippen LogP contribution in [0.15, 0.2) is 113 Å². The first kappa shape index (κ1) is 48.3. The van der Waals surface area contributed by atoms with E-state index in [2.05, 4.69) is 0 Å². The highest BCUT2D eigenvalue weighted by atomic mass is 31.1. The molecular formula is C50H59N4O12P. The topological polar surface area (TPSA) is 158 Å². The summed E-state index contributed by atoms with van der Waals surface area (Å²) < 4.78 is 49.2. The Bertz CT molecular complexity index is 2340. The average molecular weight is 939 g/mol. The van der Waals surface area contributed by atoms with Crippen LogP contribution < -0.4 is 16.4 Å². The second-order valence-electron chi connectivity index (χ2n) is 16.0. The molecular weight excluding hydrogens is 880 g/mol. The van der Waals surface area contributed by atoms with Crippen molar-refractivity contribution in [3.63, 3.8) is 0 Å². The molecule has 0 radical (unpaired) electrons. The van der Waals surface area contributed by atoms with E-state index < -0.39 is 19.5 Å². The van der Waals surface area contributed by atoms with Crippen molar-refractivity contribution >= 4 is 35.8 Å². The van der Waals surface area contributed by atoms with Crippen LogP contribution in [-0.4, -0.2) is 163 Å². The van der Waals surface area contributed by atoms with Gasteiger partial charge in [0.1, 0.15) is 11.6 Å². The van der Waals surface area contributed by atoms with Crippen LogP contribution in [0.5, 0.6) is 0 Å². The Morgan fingerprint density at radius 2 is 0.687 bits per heavy atom. The third-order valence-corrected chi connectivity index (χ3v) is 14.8. The molecule has 3 aliphatic rings. The van der Waals surface area contributed by atoms with Gasteiger partial charge in [0.25, 0.3) is 22.9 Å². The molecule has 0 N–H and O–H groups in total. The smallest absolute Gasteiger partial charge is 0.274 e. The summed E-state index contributed by atoms with van der Waals surface area (Å²) in [4.78, 5) is 64.1. The SMILES string of the molecule is O=C(c1ccccc1[C@@H]1n2c(=O)c3ccccc3c(=O)n2[C@@H](c2ccccc2C(=O)N2CCOCCOCCOCCOCC2)P1c1ccccc1)N1CCOCCOCCOCCOCC1. The van der Waals surface area contributed by atoms with E-state index in [1.54, 1.807) is 55.6 Å². The van der Waals surface area contributed by atoms with Crippen LogP contribution in [0.3, 0.4) is 0 Å². The highest BCUT2D eigenvalue weighted by Crippen LogP contribution is 2.65. The van der Waals surface area contributed by atoms with E-state index >= 15 is 19.2 Å². The molecule has 356 valence electrons. The van der Waals surface area contributed by atoms with Crippen molar-refractivity contribution in [1.82, 2.24) is 19.2 Å². The fourth-order valence-corrected chi connectivity index (χ4v) is 11.9. The number of carbonyl (C=O) groups is 2. The molecule has 2 amide bonds. The van der Waals surface area contributed by atoms with Gasteiger partial charge >= 0.3 is 0 Å². The number of carbonyl (C=O) groups excluding carboxylic acids is 2. The molecule has 0 spiro atoms. The van der Waals surface area contributed by atoms with Gasteiger partial charge in [0.2, 0.25) is 0 Å². The summed E-state index contributed by atoms with van der Waals surface area (Å²) in [6, 6.07) is 31.2. The predicted octanol–water partition coefficient (Wildman–Crippen LogP) is 4.12. The highest BCUT2D eigenvalue weighted by molar-refractivity contribution is 7.66. The van der Waals surface area contributed by atoms with Gasteiger partial charge in [-0.05, 0) is 48.6 Å². The zero-order valence-corrected chi connectivity index (χ0v) is 38.6. The summed E-state index contributed by atoms with van der Waals surface area (Å²) in [5.41, 5.74) is 1.14. The zero-order chi connectivity index (χ0) is 46.2. The lowest BCUT2D eigenvalue weighted by Crippen LogP contribution is -2.40. The number of aromatic nitrogens is 2. The van der Waals surface area contributed by atoms with Gasteiger partial charge < -0.3 is 47.7 Å². The maximum Gasteiger partial charge on any atom is 0.274 e. The van der Waals surface area contributed by atoms with E-state index in [4.69, 9.17) is 37.9 Å². The second-order valence-corrected chi connectivity index (χ2v) is 18.3. The lowest BCUT2D eigenvalue weighted by Gasteiger charge is -2.30. The monoisotopic (exact) mass is 938 g/mol. The van der Waals surface area contributed by atoms with Gasteiger partial charge in [-0.2, -0.15) is 0 Å². The third kappa shape index (κ3) is 11.8. The van der Waals surface area contributed by atoms with E-state index in [0.717, 1.165) is 5.30 Å². The number of benzene rings is 4. The Labute approximate surface area is 390 Å². The van der Waals surface area contributed by atoms with Crippen molar-refractivity contribution in [2.75, 3.05) is 132 Å². The first-order valence-corrected chi connectivity index (χ1v) is 24.5. The minimum absolute atomic E-state index is 0.260. The quantitative estimate of drug-likeness (QED) is 0.233. The molecule has 67 heavy (non-hydrogen) atoms. The van der Waals surface area contributed by atoms with Crippen LogP contribution in [0, 0.1) is 0 Å². The molecule has 4 aromatic carbocycles. The van der Waals surface area contributed by atoms with Crippen molar-refractivity contribution in [2.45, 2.75) is 11.6 Å². The first-order valence-electron chi connectivity index (χ1n) is 23.0. The maximum atomic E-state index is 15.2. The van der Waals surface area contributed by atoms with Crippen LogP contribution >= 0.6 is 7.92 Å². The lowest BCUT2D eigenvalue weighted by atomic mass is 10.1. The molecule has 16 nitrogen and oxygen atoms in total. The molecule has 1 aromatic heterocycles. The van der Waals surface area contributed by atoms with Gasteiger partial charge in [-0.25, -0.2) is 9.36 Å². The fraction of sp³-hybridized carbons (Fsp3) is 0.440. The van der Waals surface area contributed by atoms with E-state index in [0.29, 0.717) is 102 Å².